The Morgan fingerprint density at radius 3 is 2.12 bits per heavy atom. The number of carbonyl (C=O) groups excluding carboxylic acids is 1. The summed E-state index contributed by atoms with van der Waals surface area (Å²) >= 11 is 0. The lowest BCUT2D eigenvalue weighted by Gasteiger charge is -2.27. The van der Waals surface area contributed by atoms with Crippen LogP contribution in [0.1, 0.15) is 31.1 Å². The summed E-state index contributed by atoms with van der Waals surface area (Å²) in [6.45, 7) is 5.32. The fourth-order valence-electron chi connectivity index (χ4n) is 1.45. The minimum atomic E-state index is -1.03. The van der Waals surface area contributed by atoms with Crippen molar-refractivity contribution in [2.45, 2.75) is 26.8 Å². The molecule has 92 valence electrons. The van der Waals surface area contributed by atoms with E-state index in [4.69, 9.17) is 5.11 Å². The summed E-state index contributed by atoms with van der Waals surface area (Å²) in [6, 6.07) is 7.67. The van der Waals surface area contributed by atoms with E-state index < -0.39 is 17.4 Å². The molecule has 0 fully saturated rings. The van der Waals surface area contributed by atoms with E-state index in [9.17, 15) is 9.59 Å². The second kappa shape index (κ2) is 4.99. The zero-order chi connectivity index (χ0) is 13.1. The zero-order valence-electron chi connectivity index (χ0n) is 10.2. The van der Waals surface area contributed by atoms with Crippen molar-refractivity contribution in [1.82, 2.24) is 5.32 Å². The van der Waals surface area contributed by atoms with Gasteiger partial charge in [0, 0.05) is 5.56 Å². The first-order valence-corrected chi connectivity index (χ1v) is 5.41. The third-order valence-corrected chi connectivity index (χ3v) is 2.42. The Hall–Kier alpha value is -1.84. The summed E-state index contributed by atoms with van der Waals surface area (Å²) in [5.41, 5.74) is -0.0704. The van der Waals surface area contributed by atoms with Gasteiger partial charge in [-0.05, 0) is 17.5 Å². The molecule has 0 spiro atoms. The third-order valence-electron chi connectivity index (χ3n) is 2.42. The van der Waals surface area contributed by atoms with E-state index in [-0.39, 0.29) is 5.91 Å². The van der Waals surface area contributed by atoms with Crippen LogP contribution in [0.2, 0.25) is 0 Å². The molecule has 4 nitrogen and oxygen atoms in total. The first kappa shape index (κ1) is 13.2. The number of amides is 1. The molecule has 0 aromatic heterocycles. The van der Waals surface area contributed by atoms with Gasteiger partial charge < -0.3 is 10.4 Å². The molecule has 2 N–H and O–H groups in total. The van der Waals surface area contributed by atoms with Crippen molar-refractivity contribution < 1.29 is 14.7 Å². The molecule has 0 aliphatic heterocycles. The van der Waals surface area contributed by atoms with Gasteiger partial charge in [0.25, 0.3) is 5.91 Å². The van der Waals surface area contributed by atoms with E-state index in [0.29, 0.717) is 5.56 Å². The fourth-order valence-corrected chi connectivity index (χ4v) is 1.45. The quantitative estimate of drug-likeness (QED) is 0.841. The Morgan fingerprint density at radius 1 is 1.18 bits per heavy atom. The topological polar surface area (TPSA) is 66.4 Å². The van der Waals surface area contributed by atoms with Crippen molar-refractivity contribution in [2.75, 3.05) is 0 Å². The maximum Gasteiger partial charge on any atom is 0.326 e. The van der Waals surface area contributed by atoms with Crippen molar-refractivity contribution in [3.63, 3.8) is 0 Å². The monoisotopic (exact) mass is 235 g/mol. The molecule has 0 heterocycles. The van der Waals surface area contributed by atoms with Gasteiger partial charge in [-0.25, -0.2) is 4.79 Å². The maximum absolute atomic E-state index is 11.8. The lowest BCUT2D eigenvalue weighted by molar-refractivity contribution is -0.142. The number of carbonyl (C=O) groups is 2. The fraction of sp³-hybridized carbons (Fsp3) is 0.385. The van der Waals surface area contributed by atoms with Crippen LogP contribution in [-0.2, 0) is 4.79 Å². The Labute approximate surface area is 101 Å². The number of carboxylic acid groups (broad SMARTS) is 1. The lowest BCUT2D eigenvalue weighted by Crippen LogP contribution is -2.49. The van der Waals surface area contributed by atoms with Gasteiger partial charge in [-0.3, -0.25) is 4.79 Å². The Bertz CT molecular complexity index is 406. The van der Waals surface area contributed by atoms with Crippen LogP contribution in [0.25, 0.3) is 0 Å². The molecule has 1 amide bonds. The van der Waals surface area contributed by atoms with Crippen molar-refractivity contribution in [3.05, 3.63) is 35.9 Å². The van der Waals surface area contributed by atoms with Crippen LogP contribution in [0.4, 0.5) is 0 Å². The number of benzene rings is 1. The lowest BCUT2D eigenvalue weighted by atomic mass is 9.86. The molecule has 4 heteroatoms. The van der Waals surface area contributed by atoms with Crippen LogP contribution in [0, 0.1) is 5.41 Å². The Kier molecular flexibility index (Phi) is 3.89. The summed E-state index contributed by atoms with van der Waals surface area (Å²) in [6.07, 6.45) is 0. The van der Waals surface area contributed by atoms with Crippen LogP contribution in [0.5, 0.6) is 0 Å². The van der Waals surface area contributed by atoms with Crippen molar-refractivity contribution in [3.8, 4) is 0 Å². The summed E-state index contributed by atoms with van der Waals surface area (Å²) in [7, 11) is 0. The molecule has 1 aromatic rings. The number of carboxylic acids is 1. The molecule has 0 saturated carbocycles. The molecule has 0 radical (unpaired) electrons. The van der Waals surface area contributed by atoms with E-state index >= 15 is 0 Å². The van der Waals surface area contributed by atoms with Gasteiger partial charge in [0.1, 0.15) is 6.04 Å². The predicted molar refractivity (Wildman–Crippen MR) is 64.8 cm³/mol. The molecule has 1 rings (SSSR count). The molecule has 0 bridgehead atoms. The third kappa shape index (κ3) is 3.59. The zero-order valence-corrected chi connectivity index (χ0v) is 10.2. The molecule has 1 aromatic carbocycles. The van der Waals surface area contributed by atoms with E-state index in [0.717, 1.165) is 0 Å². The van der Waals surface area contributed by atoms with Gasteiger partial charge >= 0.3 is 5.97 Å². The number of aliphatic carboxylic acids is 1. The van der Waals surface area contributed by atoms with Crippen LogP contribution in [-0.4, -0.2) is 23.0 Å². The summed E-state index contributed by atoms with van der Waals surface area (Å²) in [4.78, 5) is 22.9. The highest BCUT2D eigenvalue weighted by molar-refractivity contribution is 5.96. The highest BCUT2D eigenvalue weighted by atomic mass is 16.4. The van der Waals surface area contributed by atoms with Crippen LogP contribution in [0.3, 0.4) is 0 Å². The second-order valence-electron chi connectivity index (χ2n) is 4.98. The largest absolute Gasteiger partial charge is 0.480 e. The number of rotatable bonds is 3. The summed E-state index contributed by atoms with van der Waals surface area (Å²) in [5.74, 6) is -1.39. The second-order valence-corrected chi connectivity index (χ2v) is 4.98. The molecular weight excluding hydrogens is 218 g/mol. The van der Waals surface area contributed by atoms with Gasteiger partial charge in [-0.15, -0.1) is 0 Å². The highest BCUT2D eigenvalue weighted by Gasteiger charge is 2.32. The summed E-state index contributed by atoms with van der Waals surface area (Å²) in [5, 5.41) is 11.6. The minimum Gasteiger partial charge on any atom is -0.480 e. The van der Waals surface area contributed by atoms with E-state index in [1.54, 1.807) is 51.1 Å². The number of hydrogen-bond acceptors (Lipinski definition) is 2. The first-order chi connectivity index (χ1) is 7.82. The molecule has 17 heavy (non-hydrogen) atoms. The average Bonchev–Trinajstić information content (AvgIpc) is 2.24. The number of nitrogens with one attached hydrogen (secondary N) is 1. The standard InChI is InChI=1S/C13H17NO3/c1-13(2,3)10(12(16)17)14-11(15)9-7-5-4-6-8-9/h4-8,10H,1-3H3,(H,14,15)(H,16,17)/t10-/m1/s1. The van der Waals surface area contributed by atoms with Gasteiger partial charge in [0.05, 0.1) is 0 Å². The van der Waals surface area contributed by atoms with Crippen LogP contribution >= 0.6 is 0 Å². The van der Waals surface area contributed by atoms with Gasteiger partial charge in [-0.2, -0.15) is 0 Å². The average molecular weight is 235 g/mol. The van der Waals surface area contributed by atoms with Crippen molar-refractivity contribution in [1.29, 1.82) is 0 Å². The Morgan fingerprint density at radius 2 is 1.71 bits per heavy atom. The first-order valence-electron chi connectivity index (χ1n) is 5.41. The molecule has 0 aliphatic carbocycles. The summed E-state index contributed by atoms with van der Waals surface area (Å²) < 4.78 is 0. The minimum absolute atomic E-state index is 0.368. The van der Waals surface area contributed by atoms with Crippen LogP contribution in [0.15, 0.2) is 30.3 Å². The smallest absolute Gasteiger partial charge is 0.326 e. The maximum atomic E-state index is 11.8. The molecule has 0 unspecified atom stereocenters. The molecular formula is C13H17NO3. The van der Waals surface area contributed by atoms with Crippen LogP contribution < -0.4 is 5.32 Å². The predicted octanol–water partition coefficient (Wildman–Crippen LogP) is 1.92. The highest BCUT2D eigenvalue weighted by Crippen LogP contribution is 2.19. The van der Waals surface area contributed by atoms with Crippen molar-refractivity contribution >= 4 is 11.9 Å². The normalized spacial score (nSPS) is 12.9. The Balaban J connectivity index is 2.83. The van der Waals surface area contributed by atoms with E-state index in [1.807, 2.05) is 0 Å². The van der Waals surface area contributed by atoms with Gasteiger partial charge in [0.2, 0.25) is 0 Å². The SMILES string of the molecule is CC(C)(C)[C@H](NC(=O)c1ccccc1)C(=O)O. The van der Waals surface area contributed by atoms with E-state index in [2.05, 4.69) is 5.32 Å². The van der Waals surface area contributed by atoms with Gasteiger partial charge in [0.15, 0.2) is 0 Å². The molecule has 0 aliphatic rings. The number of hydrogen-bond donors (Lipinski definition) is 2. The molecule has 0 saturated heterocycles. The van der Waals surface area contributed by atoms with Gasteiger partial charge in [-0.1, -0.05) is 39.0 Å². The molecule has 1 atom stereocenters. The van der Waals surface area contributed by atoms with E-state index in [1.165, 1.54) is 0 Å². The van der Waals surface area contributed by atoms with Crippen molar-refractivity contribution in [2.24, 2.45) is 5.41 Å².